The Morgan fingerprint density at radius 1 is 1.29 bits per heavy atom. The second-order valence-corrected chi connectivity index (χ2v) is 4.78. The van der Waals surface area contributed by atoms with Crippen molar-refractivity contribution >= 4 is 11.9 Å². The number of carbonyl (C=O) groups excluding carboxylic acids is 1. The van der Waals surface area contributed by atoms with Gasteiger partial charge in [0.25, 0.3) is 0 Å². The minimum atomic E-state index is -1.02. The van der Waals surface area contributed by atoms with Gasteiger partial charge in [0.2, 0.25) is 5.91 Å². The van der Waals surface area contributed by atoms with Gasteiger partial charge in [-0.3, -0.25) is 9.48 Å². The lowest BCUT2D eigenvalue weighted by Gasteiger charge is -2.17. The summed E-state index contributed by atoms with van der Waals surface area (Å²) in [4.78, 5) is 24.4. The molecule has 0 aliphatic carbocycles. The molecule has 1 aromatic carbocycles. The molecule has 0 bridgehead atoms. The lowest BCUT2D eigenvalue weighted by Crippen LogP contribution is -2.27. The first kappa shape index (κ1) is 14.8. The van der Waals surface area contributed by atoms with Gasteiger partial charge in [0.1, 0.15) is 0 Å². The van der Waals surface area contributed by atoms with Crippen LogP contribution in [0.25, 0.3) is 0 Å². The number of carboxylic acid groups (broad SMARTS) is 1. The van der Waals surface area contributed by atoms with Crippen LogP contribution in [0.1, 0.15) is 22.3 Å². The van der Waals surface area contributed by atoms with E-state index in [2.05, 4.69) is 5.10 Å². The van der Waals surface area contributed by atoms with E-state index in [-0.39, 0.29) is 17.9 Å². The van der Waals surface area contributed by atoms with E-state index in [9.17, 15) is 9.59 Å². The average molecular weight is 287 g/mol. The lowest BCUT2D eigenvalue weighted by atomic mass is 10.2. The number of aryl methyl sites for hydroxylation is 1. The zero-order valence-corrected chi connectivity index (χ0v) is 11.8. The van der Waals surface area contributed by atoms with Crippen LogP contribution < -0.4 is 0 Å². The molecule has 0 saturated carbocycles. The molecule has 1 heterocycles. The predicted octanol–water partition coefficient (Wildman–Crippen LogP) is 1.63. The first-order valence-electron chi connectivity index (χ1n) is 6.60. The van der Waals surface area contributed by atoms with Crippen LogP contribution in [0, 0.1) is 0 Å². The van der Waals surface area contributed by atoms with E-state index >= 15 is 0 Å². The Hall–Kier alpha value is -2.63. The van der Waals surface area contributed by atoms with E-state index in [0.717, 1.165) is 5.56 Å². The van der Waals surface area contributed by atoms with Crippen molar-refractivity contribution in [2.75, 3.05) is 7.05 Å². The Bertz CT molecular complexity index is 622. The minimum absolute atomic E-state index is 0.00812. The zero-order chi connectivity index (χ0) is 15.2. The van der Waals surface area contributed by atoms with Crippen molar-refractivity contribution < 1.29 is 14.7 Å². The third-order valence-corrected chi connectivity index (χ3v) is 3.12. The molecule has 0 aliphatic rings. The van der Waals surface area contributed by atoms with Crippen LogP contribution in [0.3, 0.4) is 0 Å². The molecule has 0 spiro atoms. The van der Waals surface area contributed by atoms with Gasteiger partial charge >= 0.3 is 5.97 Å². The molecule has 21 heavy (non-hydrogen) atoms. The summed E-state index contributed by atoms with van der Waals surface area (Å²) in [5.74, 6) is -1.03. The van der Waals surface area contributed by atoms with E-state index in [1.807, 2.05) is 30.3 Å². The van der Waals surface area contributed by atoms with Crippen molar-refractivity contribution in [1.29, 1.82) is 0 Å². The van der Waals surface area contributed by atoms with E-state index in [0.29, 0.717) is 13.1 Å². The standard InChI is InChI=1S/C15H17N3O3/c1-17(10-12-5-3-2-4-6-12)14(19)7-8-18-11-13(9-16-18)15(20)21/h2-6,9,11H,7-8,10H2,1H3,(H,20,21). The van der Waals surface area contributed by atoms with Gasteiger partial charge in [0, 0.05) is 32.8 Å². The fourth-order valence-electron chi connectivity index (χ4n) is 1.94. The van der Waals surface area contributed by atoms with Gasteiger partial charge in [-0.25, -0.2) is 4.79 Å². The first-order valence-corrected chi connectivity index (χ1v) is 6.60. The van der Waals surface area contributed by atoms with E-state index < -0.39 is 5.97 Å². The van der Waals surface area contributed by atoms with E-state index in [4.69, 9.17) is 5.11 Å². The molecule has 0 aliphatic heterocycles. The van der Waals surface area contributed by atoms with Crippen LogP contribution in [0.4, 0.5) is 0 Å². The smallest absolute Gasteiger partial charge is 0.338 e. The molecular weight excluding hydrogens is 270 g/mol. The van der Waals surface area contributed by atoms with Crippen LogP contribution in [-0.2, 0) is 17.9 Å². The summed E-state index contributed by atoms with van der Waals surface area (Å²) in [6.07, 6.45) is 2.98. The molecule has 0 fully saturated rings. The third kappa shape index (κ3) is 4.17. The highest BCUT2D eigenvalue weighted by Crippen LogP contribution is 2.05. The Morgan fingerprint density at radius 3 is 2.62 bits per heavy atom. The number of hydrogen-bond donors (Lipinski definition) is 1. The summed E-state index contributed by atoms with van der Waals surface area (Å²) in [7, 11) is 1.75. The molecule has 0 radical (unpaired) electrons. The highest BCUT2D eigenvalue weighted by molar-refractivity contribution is 5.86. The molecule has 6 nitrogen and oxygen atoms in total. The van der Waals surface area contributed by atoms with Crippen LogP contribution in [0.5, 0.6) is 0 Å². The number of carboxylic acids is 1. The molecule has 1 amide bonds. The number of aromatic carboxylic acids is 1. The number of aromatic nitrogens is 2. The topological polar surface area (TPSA) is 75.4 Å². The Morgan fingerprint density at radius 2 is 2.00 bits per heavy atom. The SMILES string of the molecule is CN(Cc1ccccc1)C(=O)CCn1cc(C(=O)O)cn1. The number of hydrogen-bond acceptors (Lipinski definition) is 3. The summed E-state index contributed by atoms with van der Waals surface area (Å²) in [6, 6.07) is 9.74. The molecule has 6 heteroatoms. The molecule has 110 valence electrons. The molecular formula is C15H17N3O3. The van der Waals surface area contributed by atoms with Gasteiger partial charge in [-0.15, -0.1) is 0 Å². The van der Waals surface area contributed by atoms with Crippen LogP contribution >= 0.6 is 0 Å². The van der Waals surface area contributed by atoms with Crippen molar-refractivity contribution in [3.8, 4) is 0 Å². The number of amides is 1. The first-order chi connectivity index (χ1) is 10.1. The van der Waals surface area contributed by atoms with Gasteiger partial charge in [-0.1, -0.05) is 30.3 Å². The molecule has 0 saturated heterocycles. The Balaban J connectivity index is 1.84. The quantitative estimate of drug-likeness (QED) is 0.876. The summed E-state index contributed by atoms with van der Waals surface area (Å²) >= 11 is 0. The normalized spacial score (nSPS) is 10.3. The fourth-order valence-corrected chi connectivity index (χ4v) is 1.94. The second kappa shape index (κ2) is 6.69. The second-order valence-electron chi connectivity index (χ2n) is 4.78. The molecule has 1 aromatic heterocycles. The largest absolute Gasteiger partial charge is 0.478 e. The van der Waals surface area contributed by atoms with Gasteiger partial charge in [-0.2, -0.15) is 5.10 Å². The van der Waals surface area contributed by atoms with Crippen molar-refractivity contribution in [3.05, 3.63) is 53.9 Å². The number of benzene rings is 1. The van der Waals surface area contributed by atoms with Gasteiger partial charge < -0.3 is 10.0 Å². The van der Waals surface area contributed by atoms with Crippen molar-refractivity contribution in [1.82, 2.24) is 14.7 Å². The van der Waals surface area contributed by atoms with Crippen molar-refractivity contribution in [2.45, 2.75) is 19.5 Å². The van der Waals surface area contributed by atoms with Crippen molar-refractivity contribution in [3.63, 3.8) is 0 Å². The molecule has 0 unspecified atom stereocenters. The highest BCUT2D eigenvalue weighted by atomic mass is 16.4. The summed E-state index contributed by atoms with van der Waals surface area (Å²) in [5, 5.41) is 12.7. The maximum Gasteiger partial charge on any atom is 0.338 e. The minimum Gasteiger partial charge on any atom is -0.478 e. The highest BCUT2D eigenvalue weighted by Gasteiger charge is 2.11. The van der Waals surface area contributed by atoms with Crippen LogP contribution in [0.2, 0.25) is 0 Å². The number of rotatable bonds is 6. The maximum atomic E-state index is 12.0. The maximum absolute atomic E-state index is 12.0. The molecule has 2 rings (SSSR count). The number of carbonyl (C=O) groups is 2. The monoisotopic (exact) mass is 287 g/mol. The van der Waals surface area contributed by atoms with Crippen LogP contribution in [-0.4, -0.2) is 38.7 Å². The fraction of sp³-hybridized carbons (Fsp3) is 0.267. The zero-order valence-electron chi connectivity index (χ0n) is 11.8. The molecule has 2 aromatic rings. The van der Waals surface area contributed by atoms with E-state index in [1.165, 1.54) is 17.1 Å². The van der Waals surface area contributed by atoms with Crippen molar-refractivity contribution in [2.24, 2.45) is 0 Å². The number of nitrogens with zero attached hydrogens (tertiary/aromatic N) is 3. The third-order valence-electron chi connectivity index (χ3n) is 3.12. The van der Waals surface area contributed by atoms with Gasteiger partial charge in [0.05, 0.1) is 11.8 Å². The Kier molecular flexibility index (Phi) is 4.71. The Labute approximate surface area is 122 Å². The molecule has 0 atom stereocenters. The average Bonchev–Trinajstić information content (AvgIpc) is 2.95. The van der Waals surface area contributed by atoms with E-state index in [1.54, 1.807) is 11.9 Å². The van der Waals surface area contributed by atoms with Gasteiger partial charge in [0.15, 0.2) is 0 Å². The lowest BCUT2D eigenvalue weighted by molar-refractivity contribution is -0.130. The molecule has 1 N–H and O–H groups in total. The van der Waals surface area contributed by atoms with Gasteiger partial charge in [-0.05, 0) is 5.56 Å². The van der Waals surface area contributed by atoms with Crippen LogP contribution in [0.15, 0.2) is 42.7 Å². The predicted molar refractivity (Wildman–Crippen MR) is 76.7 cm³/mol. The summed E-state index contributed by atoms with van der Waals surface area (Å²) in [5.41, 5.74) is 1.20. The summed E-state index contributed by atoms with van der Waals surface area (Å²) in [6.45, 7) is 0.921. The summed E-state index contributed by atoms with van der Waals surface area (Å²) < 4.78 is 1.47.